The number of carboxylic acids is 1. The fourth-order valence-corrected chi connectivity index (χ4v) is 1.89. The molecule has 5 heteroatoms. The summed E-state index contributed by atoms with van der Waals surface area (Å²) in [5.41, 5.74) is -0.720. The highest BCUT2D eigenvalue weighted by Gasteiger charge is 2.43. The van der Waals surface area contributed by atoms with Gasteiger partial charge in [-0.2, -0.15) is 0 Å². The molecular formula is C14H14N2O3. The zero-order chi connectivity index (χ0) is 13.7. The second kappa shape index (κ2) is 5.58. The summed E-state index contributed by atoms with van der Waals surface area (Å²) in [4.78, 5) is 19.7. The van der Waals surface area contributed by atoms with Crippen LogP contribution in [0.4, 0.5) is 0 Å². The molecule has 0 aliphatic rings. The van der Waals surface area contributed by atoms with E-state index in [0.29, 0.717) is 0 Å². The molecule has 0 radical (unpaired) electrons. The number of ether oxygens (including phenoxy) is 1. The molecule has 0 bridgehead atoms. The van der Waals surface area contributed by atoms with E-state index < -0.39 is 11.6 Å². The van der Waals surface area contributed by atoms with Crippen LogP contribution in [0.15, 0.2) is 48.8 Å². The molecule has 1 atom stereocenters. The standard InChI is InChI=1S/C14H14N2O3/c1-19-14(13(17)18,12-15-8-5-9-16-12)10-11-6-3-2-4-7-11/h2-9H,10H2,1H3,(H,17,18). The number of hydrogen-bond donors (Lipinski definition) is 1. The van der Waals surface area contributed by atoms with Crippen LogP contribution in [0.5, 0.6) is 0 Å². The van der Waals surface area contributed by atoms with Gasteiger partial charge in [0.05, 0.1) is 0 Å². The lowest BCUT2D eigenvalue weighted by Crippen LogP contribution is -2.41. The van der Waals surface area contributed by atoms with Gasteiger partial charge in [0.2, 0.25) is 5.60 Å². The number of carbonyl (C=O) groups is 1. The number of aliphatic carboxylic acids is 1. The SMILES string of the molecule is COC(Cc1ccccc1)(C(=O)O)c1ncccn1. The van der Waals surface area contributed by atoms with Gasteiger partial charge in [-0.15, -0.1) is 0 Å². The third-order valence-corrected chi connectivity index (χ3v) is 2.92. The quantitative estimate of drug-likeness (QED) is 0.882. The van der Waals surface area contributed by atoms with Gasteiger partial charge >= 0.3 is 5.97 Å². The van der Waals surface area contributed by atoms with Crippen LogP contribution >= 0.6 is 0 Å². The lowest BCUT2D eigenvalue weighted by atomic mass is 9.93. The Labute approximate surface area is 110 Å². The molecule has 2 rings (SSSR count). The summed E-state index contributed by atoms with van der Waals surface area (Å²) >= 11 is 0. The second-order valence-electron chi connectivity index (χ2n) is 4.07. The Morgan fingerprint density at radius 1 is 1.21 bits per heavy atom. The van der Waals surface area contributed by atoms with E-state index in [0.717, 1.165) is 5.56 Å². The summed E-state index contributed by atoms with van der Waals surface area (Å²) in [5.74, 6) is -0.959. The van der Waals surface area contributed by atoms with Crippen LogP contribution in [0.2, 0.25) is 0 Å². The minimum absolute atomic E-state index is 0.147. The van der Waals surface area contributed by atoms with Crippen molar-refractivity contribution in [1.29, 1.82) is 0 Å². The first-order chi connectivity index (χ1) is 9.19. The molecule has 0 aliphatic carbocycles. The first-order valence-electron chi connectivity index (χ1n) is 5.79. The molecule has 1 unspecified atom stereocenters. The predicted octanol–water partition coefficient (Wildman–Crippen LogP) is 1.65. The summed E-state index contributed by atoms with van der Waals surface area (Å²) < 4.78 is 5.26. The second-order valence-corrected chi connectivity index (χ2v) is 4.07. The summed E-state index contributed by atoms with van der Waals surface area (Å²) in [7, 11) is 1.35. The van der Waals surface area contributed by atoms with E-state index in [-0.39, 0.29) is 12.2 Å². The summed E-state index contributed by atoms with van der Waals surface area (Å²) in [6.07, 6.45) is 3.18. The highest BCUT2D eigenvalue weighted by Crippen LogP contribution is 2.27. The fraction of sp³-hybridized carbons (Fsp3) is 0.214. The van der Waals surface area contributed by atoms with Crippen molar-refractivity contribution in [3.63, 3.8) is 0 Å². The summed E-state index contributed by atoms with van der Waals surface area (Å²) in [6, 6.07) is 10.9. The average Bonchev–Trinajstić information content (AvgIpc) is 2.46. The smallest absolute Gasteiger partial charge is 0.344 e. The summed E-state index contributed by atoms with van der Waals surface area (Å²) in [6.45, 7) is 0. The number of rotatable bonds is 5. The average molecular weight is 258 g/mol. The van der Waals surface area contributed by atoms with Gasteiger partial charge in [0, 0.05) is 25.9 Å². The van der Waals surface area contributed by atoms with E-state index in [9.17, 15) is 9.90 Å². The number of nitrogens with zero attached hydrogens (tertiary/aromatic N) is 2. The molecule has 1 N–H and O–H groups in total. The topological polar surface area (TPSA) is 72.3 Å². The van der Waals surface area contributed by atoms with Crippen molar-refractivity contribution >= 4 is 5.97 Å². The van der Waals surface area contributed by atoms with Crippen molar-refractivity contribution < 1.29 is 14.6 Å². The number of carboxylic acid groups (broad SMARTS) is 1. The van der Waals surface area contributed by atoms with E-state index in [1.807, 2.05) is 30.3 Å². The lowest BCUT2D eigenvalue weighted by molar-refractivity contribution is -0.164. The Morgan fingerprint density at radius 2 is 1.84 bits per heavy atom. The number of methoxy groups -OCH3 is 1. The van der Waals surface area contributed by atoms with Gasteiger partial charge in [-0.1, -0.05) is 30.3 Å². The molecule has 5 nitrogen and oxygen atoms in total. The number of benzene rings is 1. The maximum atomic E-state index is 11.7. The molecule has 0 spiro atoms. The van der Waals surface area contributed by atoms with Gasteiger partial charge in [-0.3, -0.25) is 0 Å². The van der Waals surface area contributed by atoms with Gasteiger partial charge in [0.25, 0.3) is 0 Å². The molecule has 1 aromatic heterocycles. The lowest BCUT2D eigenvalue weighted by Gasteiger charge is -2.26. The van der Waals surface area contributed by atoms with Crippen molar-refractivity contribution in [3.8, 4) is 0 Å². The zero-order valence-corrected chi connectivity index (χ0v) is 10.5. The van der Waals surface area contributed by atoms with E-state index in [1.165, 1.54) is 19.5 Å². The van der Waals surface area contributed by atoms with Gasteiger partial charge in [-0.25, -0.2) is 14.8 Å². The van der Waals surface area contributed by atoms with Gasteiger partial charge < -0.3 is 9.84 Å². The molecule has 2 aromatic rings. The molecular weight excluding hydrogens is 244 g/mol. The van der Waals surface area contributed by atoms with Crippen LogP contribution in [0.1, 0.15) is 11.4 Å². The molecule has 19 heavy (non-hydrogen) atoms. The fourth-order valence-electron chi connectivity index (χ4n) is 1.89. The Morgan fingerprint density at radius 3 is 2.37 bits per heavy atom. The van der Waals surface area contributed by atoms with Crippen molar-refractivity contribution in [2.24, 2.45) is 0 Å². The molecule has 0 aliphatic heterocycles. The van der Waals surface area contributed by atoms with Gasteiger partial charge in [-0.05, 0) is 11.6 Å². The number of aromatic nitrogens is 2. The molecule has 0 saturated heterocycles. The van der Waals surface area contributed by atoms with Crippen molar-refractivity contribution in [2.75, 3.05) is 7.11 Å². The highest BCUT2D eigenvalue weighted by atomic mass is 16.5. The predicted molar refractivity (Wildman–Crippen MR) is 68.5 cm³/mol. The molecule has 0 saturated carbocycles. The van der Waals surface area contributed by atoms with Crippen LogP contribution in [-0.4, -0.2) is 28.2 Å². The zero-order valence-electron chi connectivity index (χ0n) is 10.5. The number of hydrogen-bond acceptors (Lipinski definition) is 4. The minimum Gasteiger partial charge on any atom is -0.479 e. The van der Waals surface area contributed by atoms with Crippen LogP contribution in [-0.2, 0) is 21.6 Å². The molecule has 98 valence electrons. The Kier molecular flexibility index (Phi) is 3.87. The van der Waals surface area contributed by atoms with Crippen LogP contribution < -0.4 is 0 Å². The molecule has 0 fully saturated rings. The maximum absolute atomic E-state index is 11.7. The molecule has 1 heterocycles. The van der Waals surface area contributed by atoms with Crippen molar-refractivity contribution in [1.82, 2.24) is 9.97 Å². The molecule has 0 amide bonds. The van der Waals surface area contributed by atoms with E-state index in [1.54, 1.807) is 6.07 Å². The monoisotopic (exact) mass is 258 g/mol. The van der Waals surface area contributed by atoms with Crippen molar-refractivity contribution in [2.45, 2.75) is 12.0 Å². The van der Waals surface area contributed by atoms with E-state index in [4.69, 9.17) is 4.74 Å². The van der Waals surface area contributed by atoms with Gasteiger partial charge in [0.1, 0.15) is 0 Å². The van der Waals surface area contributed by atoms with Crippen LogP contribution in [0, 0.1) is 0 Å². The third-order valence-electron chi connectivity index (χ3n) is 2.92. The Balaban J connectivity index is 2.44. The van der Waals surface area contributed by atoms with Gasteiger partial charge in [0.15, 0.2) is 5.82 Å². The van der Waals surface area contributed by atoms with E-state index >= 15 is 0 Å². The van der Waals surface area contributed by atoms with Crippen LogP contribution in [0.3, 0.4) is 0 Å². The Hall–Kier alpha value is -2.27. The normalized spacial score (nSPS) is 13.7. The first-order valence-corrected chi connectivity index (χ1v) is 5.79. The Bertz CT molecular complexity index is 545. The molecule has 1 aromatic carbocycles. The highest BCUT2D eigenvalue weighted by molar-refractivity contribution is 5.78. The third kappa shape index (κ3) is 2.61. The first kappa shape index (κ1) is 13.2. The minimum atomic E-state index is -1.57. The van der Waals surface area contributed by atoms with E-state index in [2.05, 4.69) is 9.97 Å². The largest absolute Gasteiger partial charge is 0.479 e. The van der Waals surface area contributed by atoms with Crippen LogP contribution in [0.25, 0.3) is 0 Å². The van der Waals surface area contributed by atoms with Crippen molar-refractivity contribution in [3.05, 3.63) is 60.2 Å². The summed E-state index contributed by atoms with van der Waals surface area (Å²) in [5, 5.41) is 9.53. The maximum Gasteiger partial charge on any atom is 0.344 e.